The maximum absolute atomic E-state index is 4.98. The van der Waals surface area contributed by atoms with Crippen molar-refractivity contribution in [2.45, 2.75) is 25.3 Å². The second-order valence-electron chi connectivity index (χ2n) is 8.84. The van der Waals surface area contributed by atoms with Gasteiger partial charge in [0.2, 0.25) is 5.95 Å². The number of benzene rings is 2. The Kier molecular flexibility index (Phi) is 4.27. The molecule has 4 aromatic rings. The summed E-state index contributed by atoms with van der Waals surface area (Å²) >= 11 is 1.87. The maximum Gasteiger partial charge on any atom is 0.227 e. The summed E-state index contributed by atoms with van der Waals surface area (Å²) in [5.74, 6) is 0.822. The predicted molar refractivity (Wildman–Crippen MR) is 128 cm³/mol. The molecule has 0 bridgehead atoms. The molecule has 0 atom stereocenters. The average Bonchev–Trinajstić information content (AvgIpc) is 3.47. The van der Waals surface area contributed by atoms with E-state index in [0.29, 0.717) is 5.54 Å². The number of aryl methyl sites for hydroxylation is 2. The zero-order chi connectivity index (χ0) is 21.2. The lowest BCUT2D eigenvalue weighted by atomic mass is 9.98. The lowest BCUT2D eigenvalue weighted by Crippen LogP contribution is -2.52. The summed E-state index contributed by atoms with van der Waals surface area (Å²) < 4.78 is 4.45. The van der Waals surface area contributed by atoms with Crippen LogP contribution in [0.4, 0.5) is 5.95 Å². The summed E-state index contributed by atoms with van der Waals surface area (Å²) in [6.45, 7) is 5.15. The fourth-order valence-electron chi connectivity index (χ4n) is 5.01. The summed E-state index contributed by atoms with van der Waals surface area (Å²) in [4.78, 5) is 12.1. The Bertz CT molecular complexity index is 1310. The third-order valence-corrected chi connectivity index (χ3v) is 7.76. The Balaban J connectivity index is 1.43. The van der Waals surface area contributed by atoms with Crippen LogP contribution in [-0.2, 0) is 7.05 Å². The largest absolute Gasteiger partial charge is 0.338 e. The number of hydrogen-bond donors (Lipinski definition) is 0. The molecule has 2 fully saturated rings. The first-order chi connectivity index (χ1) is 15.1. The topological polar surface area (TPSA) is 50.1 Å². The summed E-state index contributed by atoms with van der Waals surface area (Å²) in [6, 6.07) is 12.9. The molecule has 0 radical (unpaired) electrons. The van der Waals surface area contributed by atoms with E-state index in [1.807, 2.05) is 29.9 Å². The SMILES string of the molecule is CSN1CCN(c2ncc3c(-c4cc(C)cc5ccccc45)nn(C)c3n2)CC12CC2. The quantitative estimate of drug-likeness (QED) is 0.448. The zero-order valence-electron chi connectivity index (χ0n) is 18.2. The van der Waals surface area contributed by atoms with E-state index < -0.39 is 0 Å². The molecule has 0 amide bonds. The van der Waals surface area contributed by atoms with Gasteiger partial charge in [-0.3, -0.25) is 0 Å². The number of nitrogens with zero attached hydrogens (tertiary/aromatic N) is 6. The number of hydrogen-bond acceptors (Lipinski definition) is 6. The van der Waals surface area contributed by atoms with E-state index in [0.717, 1.165) is 47.9 Å². The Morgan fingerprint density at radius 3 is 2.71 bits per heavy atom. The third kappa shape index (κ3) is 3.02. The van der Waals surface area contributed by atoms with Gasteiger partial charge in [-0.1, -0.05) is 42.3 Å². The molecule has 3 heterocycles. The summed E-state index contributed by atoms with van der Waals surface area (Å²) in [7, 11) is 1.98. The molecule has 2 aromatic heterocycles. The fraction of sp³-hybridized carbons (Fsp3) is 0.375. The van der Waals surface area contributed by atoms with Crippen molar-refractivity contribution in [2.24, 2.45) is 7.05 Å². The highest BCUT2D eigenvalue weighted by Gasteiger charge is 2.51. The van der Waals surface area contributed by atoms with Gasteiger partial charge in [-0.2, -0.15) is 10.1 Å². The molecule has 1 aliphatic heterocycles. The van der Waals surface area contributed by atoms with Crippen LogP contribution in [0.2, 0.25) is 0 Å². The average molecular weight is 431 g/mol. The smallest absolute Gasteiger partial charge is 0.227 e. The normalized spacial score (nSPS) is 18.4. The minimum Gasteiger partial charge on any atom is -0.338 e. The summed E-state index contributed by atoms with van der Waals surface area (Å²) in [6.07, 6.45) is 6.69. The molecule has 158 valence electrons. The van der Waals surface area contributed by atoms with E-state index in [-0.39, 0.29) is 0 Å². The van der Waals surface area contributed by atoms with E-state index in [1.54, 1.807) is 0 Å². The number of anilines is 1. The standard InChI is InChI=1S/C24H26N6S/c1-16-12-17-6-4-5-7-18(17)19(13-16)21-20-14-25-23(26-22(20)28(2)27-21)29-10-11-30(31-3)24(15-29)8-9-24/h4-7,12-14H,8-11,15H2,1-3H3. The van der Waals surface area contributed by atoms with Crippen molar-refractivity contribution in [2.75, 3.05) is 30.8 Å². The highest BCUT2D eigenvalue weighted by Crippen LogP contribution is 2.47. The molecule has 1 saturated heterocycles. The molecule has 0 unspecified atom stereocenters. The van der Waals surface area contributed by atoms with Crippen molar-refractivity contribution in [1.29, 1.82) is 0 Å². The van der Waals surface area contributed by atoms with Crippen molar-refractivity contribution < 1.29 is 0 Å². The van der Waals surface area contributed by atoms with Gasteiger partial charge in [-0.25, -0.2) is 14.0 Å². The van der Waals surface area contributed by atoms with Crippen LogP contribution in [0.5, 0.6) is 0 Å². The number of piperazine rings is 1. The lowest BCUT2D eigenvalue weighted by molar-refractivity contribution is 0.295. The first kappa shape index (κ1) is 19.1. The molecule has 1 spiro atoms. The van der Waals surface area contributed by atoms with Crippen molar-refractivity contribution >= 4 is 39.7 Å². The van der Waals surface area contributed by atoms with Gasteiger partial charge in [0.1, 0.15) is 5.69 Å². The van der Waals surface area contributed by atoms with Crippen LogP contribution < -0.4 is 4.90 Å². The molecule has 31 heavy (non-hydrogen) atoms. The molecule has 0 N–H and O–H groups in total. The van der Waals surface area contributed by atoms with Crippen molar-refractivity contribution in [1.82, 2.24) is 24.1 Å². The minimum absolute atomic E-state index is 0.314. The van der Waals surface area contributed by atoms with Crippen molar-refractivity contribution in [3.8, 4) is 11.3 Å². The lowest BCUT2D eigenvalue weighted by Gasteiger charge is -2.40. The van der Waals surface area contributed by atoms with E-state index in [4.69, 9.17) is 15.1 Å². The van der Waals surface area contributed by atoms with Gasteiger partial charge in [0.25, 0.3) is 0 Å². The van der Waals surface area contributed by atoms with E-state index >= 15 is 0 Å². The van der Waals surface area contributed by atoms with Crippen LogP contribution in [0, 0.1) is 6.92 Å². The fourth-order valence-corrected chi connectivity index (χ4v) is 5.90. The predicted octanol–water partition coefficient (Wildman–Crippen LogP) is 4.42. The van der Waals surface area contributed by atoms with Crippen molar-refractivity contribution in [3.63, 3.8) is 0 Å². The van der Waals surface area contributed by atoms with Gasteiger partial charge in [0, 0.05) is 44.0 Å². The van der Waals surface area contributed by atoms with Crippen LogP contribution in [0.3, 0.4) is 0 Å². The van der Waals surface area contributed by atoms with Gasteiger partial charge < -0.3 is 4.90 Å². The van der Waals surface area contributed by atoms with E-state index in [2.05, 4.69) is 58.8 Å². The molecule has 7 heteroatoms. The zero-order valence-corrected chi connectivity index (χ0v) is 19.0. The van der Waals surface area contributed by atoms with Crippen LogP contribution >= 0.6 is 11.9 Å². The Labute approximate surface area is 186 Å². The van der Waals surface area contributed by atoms with Gasteiger partial charge in [-0.05, 0) is 48.4 Å². The van der Waals surface area contributed by atoms with E-state index in [1.165, 1.54) is 29.2 Å². The maximum atomic E-state index is 4.98. The van der Waals surface area contributed by atoms with Gasteiger partial charge >= 0.3 is 0 Å². The van der Waals surface area contributed by atoms with Gasteiger partial charge in [-0.15, -0.1) is 0 Å². The molecule has 2 aromatic carbocycles. The van der Waals surface area contributed by atoms with Crippen molar-refractivity contribution in [3.05, 3.63) is 48.2 Å². The summed E-state index contributed by atoms with van der Waals surface area (Å²) in [5.41, 5.74) is 4.53. The number of aromatic nitrogens is 4. The second kappa shape index (κ2) is 6.93. The molecule has 1 saturated carbocycles. The Morgan fingerprint density at radius 1 is 1.06 bits per heavy atom. The Morgan fingerprint density at radius 2 is 1.90 bits per heavy atom. The molecule has 1 aliphatic carbocycles. The molecule has 2 aliphatic rings. The highest BCUT2D eigenvalue weighted by molar-refractivity contribution is 7.96. The Hall–Kier alpha value is -2.64. The number of rotatable bonds is 3. The van der Waals surface area contributed by atoms with Crippen LogP contribution in [0.25, 0.3) is 33.1 Å². The molecular formula is C24H26N6S. The van der Waals surface area contributed by atoms with Crippen LogP contribution in [-0.4, -0.2) is 55.5 Å². The molecular weight excluding hydrogens is 404 g/mol. The third-order valence-electron chi connectivity index (χ3n) is 6.75. The van der Waals surface area contributed by atoms with Gasteiger partial charge in [0.15, 0.2) is 5.65 Å². The minimum atomic E-state index is 0.314. The summed E-state index contributed by atoms with van der Waals surface area (Å²) in [5, 5.41) is 8.33. The first-order valence-corrected chi connectivity index (χ1v) is 12.0. The monoisotopic (exact) mass is 430 g/mol. The number of fused-ring (bicyclic) bond motifs is 2. The highest BCUT2D eigenvalue weighted by atomic mass is 32.2. The van der Waals surface area contributed by atoms with Gasteiger partial charge in [0.05, 0.1) is 5.39 Å². The molecule has 6 rings (SSSR count). The van der Waals surface area contributed by atoms with Crippen LogP contribution in [0.15, 0.2) is 42.6 Å². The molecule has 6 nitrogen and oxygen atoms in total. The van der Waals surface area contributed by atoms with E-state index in [9.17, 15) is 0 Å². The second-order valence-corrected chi connectivity index (χ2v) is 9.65. The first-order valence-electron chi connectivity index (χ1n) is 10.8. The van der Waals surface area contributed by atoms with Crippen LogP contribution in [0.1, 0.15) is 18.4 Å².